The van der Waals surface area contributed by atoms with E-state index < -0.39 is 5.97 Å². The molecule has 0 aliphatic heterocycles. The molecular formula is C15H15NO2. The van der Waals surface area contributed by atoms with Crippen molar-refractivity contribution in [3.05, 3.63) is 52.8 Å². The smallest absolute Gasteiger partial charge is 0.337 e. The first-order valence-corrected chi connectivity index (χ1v) is 5.75. The number of rotatable bonds is 2. The van der Waals surface area contributed by atoms with Crippen molar-refractivity contribution in [3.63, 3.8) is 0 Å². The first-order valence-electron chi connectivity index (χ1n) is 5.75. The molecule has 2 aromatic rings. The Morgan fingerprint density at radius 1 is 1.06 bits per heavy atom. The van der Waals surface area contributed by atoms with Gasteiger partial charge in [0.25, 0.3) is 0 Å². The molecular weight excluding hydrogens is 226 g/mol. The van der Waals surface area contributed by atoms with Crippen LogP contribution in [-0.4, -0.2) is 16.1 Å². The van der Waals surface area contributed by atoms with E-state index in [-0.39, 0.29) is 5.56 Å². The van der Waals surface area contributed by atoms with Crippen LogP contribution in [0.15, 0.2) is 30.6 Å². The summed E-state index contributed by atoms with van der Waals surface area (Å²) < 4.78 is 0. The predicted molar refractivity (Wildman–Crippen MR) is 70.8 cm³/mol. The molecule has 1 aromatic carbocycles. The van der Waals surface area contributed by atoms with E-state index in [4.69, 9.17) is 5.11 Å². The largest absolute Gasteiger partial charge is 0.478 e. The van der Waals surface area contributed by atoms with Crippen LogP contribution in [0, 0.1) is 20.8 Å². The van der Waals surface area contributed by atoms with E-state index in [1.165, 1.54) is 11.8 Å². The normalized spacial score (nSPS) is 10.4. The van der Waals surface area contributed by atoms with Gasteiger partial charge >= 0.3 is 5.97 Å². The van der Waals surface area contributed by atoms with E-state index in [1.54, 1.807) is 12.3 Å². The molecule has 0 saturated carbocycles. The molecule has 0 radical (unpaired) electrons. The van der Waals surface area contributed by atoms with Crippen molar-refractivity contribution in [1.29, 1.82) is 0 Å². The van der Waals surface area contributed by atoms with Crippen LogP contribution >= 0.6 is 0 Å². The number of aromatic carboxylic acids is 1. The maximum Gasteiger partial charge on any atom is 0.337 e. The Kier molecular flexibility index (Phi) is 3.15. The standard InChI is InChI=1S/C15H15NO2/c1-9-4-10(2)14(11(3)5-9)12-6-13(15(17)18)8-16-7-12/h4-8H,1-3H3,(H,17,18). The van der Waals surface area contributed by atoms with Crippen molar-refractivity contribution in [2.75, 3.05) is 0 Å². The molecule has 0 unspecified atom stereocenters. The van der Waals surface area contributed by atoms with Gasteiger partial charge in [-0.25, -0.2) is 4.79 Å². The molecule has 0 spiro atoms. The summed E-state index contributed by atoms with van der Waals surface area (Å²) in [7, 11) is 0. The third-order valence-corrected chi connectivity index (χ3v) is 2.95. The highest BCUT2D eigenvalue weighted by Crippen LogP contribution is 2.28. The fraction of sp³-hybridized carbons (Fsp3) is 0.200. The lowest BCUT2D eigenvalue weighted by Crippen LogP contribution is -1.98. The molecule has 0 amide bonds. The van der Waals surface area contributed by atoms with Gasteiger partial charge in [-0.3, -0.25) is 4.98 Å². The Labute approximate surface area is 106 Å². The van der Waals surface area contributed by atoms with Crippen molar-refractivity contribution >= 4 is 5.97 Å². The van der Waals surface area contributed by atoms with Crippen LogP contribution in [-0.2, 0) is 0 Å². The number of hydrogen-bond donors (Lipinski definition) is 1. The SMILES string of the molecule is Cc1cc(C)c(-c2cncc(C(=O)O)c2)c(C)c1. The van der Waals surface area contributed by atoms with E-state index in [9.17, 15) is 4.79 Å². The van der Waals surface area contributed by atoms with Crippen LogP contribution in [0.2, 0.25) is 0 Å². The van der Waals surface area contributed by atoms with Crippen LogP contribution in [0.25, 0.3) is 11.1 Å². The summed E-state index contributed by atoms with van der Waals surface area (Å²) in [5.41, 5.74) is 5.61. The van der Waals surface area contributed by atoms with Crippen LogP contribution < -0.4 is 0 Å². The van der Waals surface area contributed by atoms with Crippen molar-refractivity contribution in [2.45, 2.75) is 20.8 Å². The highest BCUT2D eigenvalue weighted by Gasteiger charge is 2.10. The Morgan fingerprint density at radius 3 is 2.22 bits per heavy atom. The van der Waals surface area contributed by atoms with Crippen LogP contribution in [0.5, 0.6) is 0 Å². The van der Waals surface area contributed by atoms with Gasteiger partial charge in [0, 0.05) is 18.0 Å². The quantitative estimate of drug-likeness (QED) is 0.876. The lowest BCUT2D eigenvalue weighted by molar-refractivity contribution is 0.0696. The molecule has 0 aliphatic carbocycles. The summed E-state index contributed by atoms with van der Waals surface area (Å²) in [5, 5.41) is 9.00. The molecule has 3 heteroatoms. The molecule has 1 heterocycles. The Morgan fingerprint density at radius 2 is 1.67 bits per heavy atom. The molecule has 3 nitrogen and oxygen atoms in total. The molecule has 0 aliphatic rings. The second-order valence-corrected chi connectivity index (χ2v) is 4.54. The van der Waals surface area contributed by atoms with Crippen molar-refractivity contribution in [1.82, 2.24) is 4.98 Å². The summed E-state index contributed by atoms with van der Waals surface area (Å²) in [4.78, 5) is 15.0. The fourth-order valence-electron chi connectivity index (χ4n) is 2.33. The summed E-state index contributed by atoms with van der Waals surface area (Å²) in [5.74, 6) is -0.952. The number of aryl methyl sites for hydroxylation is 3. The average Bonchev–Trinajstić information content (AvgIpc) is 2.28. The summed E-state index contributed by atoms with van der Waals surface area (Å²) in [6, 6.07) is 5.85. The van der Waals surface area contributed by atoms with Gasteiger partial charge < -0.3 is 5.11 Å². The zero-order valence-electron chi connectivity index (χ0n) is 10.7. The number of carboxylic acid groups (broad SMARTS) is 1. The van der Waals surface area contributed by atoms with Crippen molar-refractivity contribution in [2.24, 2.45) is 0 Å². The van der Waals surface area contributed by atoms with Crippen molar-refractivity contribution < 1.29 is 9.90 Å². The maximum absolute atomic E-state index is 11.0. The number of nitrogens with zero attached hydrogens (tertiary/aromatic N) is 1. The van der Waals surface area contributed by atoms with Gasteiger partial charge in [0.15, 0.2) is 0 Å². The minimum Gasteiger partial charge on any atom is -0.478 e. The number of hydrogen-bond acceptors (Lipinski definition) is 2. The average molecular weight is 241 g/mol. The fourth-order valence-corrected chi connectivity index (χ4v) is 2.33. The zero-order valence-corrected chi connectivity index (χ0v) is 10.7. The number of aromatic nitrogens is 1. The van der Waals surface area contributed by atoms with E-state index >= 15 is 0 Å². The number of carboxylic acids is 1. The maximum atomic E-state index is 11.0. The molecule has 0 fully saturated rings. The van der Waals surface area contributed by atoms with Crippen LogP contribution in [0.3, 0.4) is 0 Å². The molecule has 18 heavy (non-hydrogen) atoms. The lowest BCUT2D eigenvalue weighted by Gasteiger charge is -2.11. The number of benzene rings is 1. The van der Waals surface area contributed by atoms with Crippen LogP contribution in [0.1, 0.15) is 27.0 Å². The molecule has 0 bridgehead atoms. The monoisotopic (exact) mass is 241 g/mol. The third kappa shape index (κ3) is 2.25. The van der Waals surface area contributed by atoms with Crippen molar-refractivity contribution in [3.8, 4) is 11.1 Å². The summed E-state index contributed by atoms with van der Waals surface area (Å²) >= 11 is 0. The predicted octanol–water partition coefficient (Wildman–Crippen LogP) is 3.37. The highest BCUT2D eigenvalue weighted by atomic mass is 16.4. The Balaban J connectivity index is 2.62. The van der Waals surface area contributed by atoms with Gasteiger partial charge in [-0.1, -0.05) is 17.7 Å². The zero-order chi connectivity index (χ0) is 13.3. The molecule has 1 N–H and O–H groups in total. The summed E-state index contributed by atoms with van der Waals surface area (Å²) in [6.45, 7) is 6.11. The van der Waals surface area contributed by atoms with E-state index in [0.717, 1.165) is 22.3 Å². The molecule has 92 valence electrons. The van der Waals surface area contributed by atoms with Gasteiger partial charge in [-0.15, -0.1) is 0 Å². The molecule has 1 aromatic heterocycles. The first-order chi connectivity index (χ1) is 8.49. The topological polar surface area (TPSA) is 50.2 Å². The number of carbonyl (C=O) groups is 1. The minimum absolute atomic E-state index is 0.215. The van der Waals surface area contributed by atoms with Gasteiger partial charge in [-0.05, 0) is 43.5 Å². The minimum atomic E-state index is -0.952. The third-order valence-electron chi connectivity index (χ3n) is 2.95. The van der Waals surface area contributed by atoms with E-state index in [0.29, 0.717) is 0 Å². The number of pyridine rings is 1. The molecule has 2 rings (SSSR count). The molecule has 0 saturated heterocycles. The van der Waals surface area contributed by atoms with Gasteiger partial charge in [0.1, 0.15) is 0 Å². The Bertz CT molecular complexity index is 595. The van der Waals surface area contributed by atoms with Gasteiger partial charge in [0.2, 0.25) is 0 Å². The first kappa shape index (κ1) is 12.3. The van der Waals surface area contributed by atoms with Crippen LogP contribution in [0.4, 0.5) is 0 Å². The highest BCUT2D eigenvalue weighted by molar-refractivity contribution is 5.89. The second-order valence-electron chi connectivity index (χ2n) is 4.54. The molecule has 0 atom stereocenters. The van der Waals surface area contributed by atoms with E-state index in [2.05, 4.69) is 24.0 Å². The Hall–Kier alpha value is -2.16. The van der Waals surface area contributed by atoms with Gasteiger partial charge in [-0.2, -0.15) is 0 Å². The second kappa shape index (κ2) is 4.61. The summed E-state index contributed by atoms with van der Waals surface area (Å²) in [6.07, 6.45) is 3.07. The lowest BCUT2D eigenvalue weighted by atomic mass is 9.94. The van der Waals surface area contributed by atoms with E-state index in [1.807, 2.05) is 13.8 Å². The van der Waals surface area contributed by atoms with Gasteiger partial charge in [0.05, 0.1) is 5.56 Å².